The van der Waals surface area contributed by atoms with Crippen LogP contribution < -0.4 is 0 Å². The number of nitrogens with zero attached hydrogens (tertiary/aromatic N) is 1. The third-order valence-electron chi connectivity index (χ3n) is 2.12. The van der Waals surface area contributed by atoms with Crippen LogP contribution in [0, 0.1) is 5.92 Å². The lowest BCUT2D eigenvalue weighted by molar-refractivity contribution is -0.132. The molecule has 0 aromatic carbocycles. The molecule has 1 heterocycles. The Bertz CT molecular complexity index is 205. The number of imide groups is 1. The summed E-state index contributed by atoms with van der Waals surface area (Å²) in [5.41, 5.74) is 0. The van der Waals surface area contributed by atoms with Crippen LogP contribution in [0.4, 0.5) is 0 Å². The van der Waals surface area contributed by atoms with E-state index >= 15 is 0 Å². The van der Waals surface area contributed by atoms with Gasteiger partial charge in [0, 0.05) is 12.3 Å². The van der Waals surface area contributed by atoms with E-state index in [1.54, 1.807) is 0 Å². The maximum Gasteiger partial charge on any atom is 0.242 e. The molecule has 1 rings (SSSR count). The highest BCUT2D eigenvalue weighted by Crippen LogP contribution is 2.25. The summed E-state index contributed by atoms with van der Waals surface area (Å²) in [4.78, 5) is 22.2. The Morgan fingerprint density at radius 3 is 2.67 bits per heavy atom. The van der Waals surface area contributed by atoms with Gasteiger partial charge in [-0.25, -0.2) is 4.31 Å². The van der Waals surface area contributed by atoms with Crippen molar-refractivity contribution >= 4 is 24.6 Å². The molecular formula is C8H13NO2S. The summed E-state index contributed by atoms with van der Waals surface area (Å²) in [5.74, 6) is -0.392. The molecule has 3 nitrogen and oxygen atoms in total. The van der Waals surface area contributed by atoms with Crippen molar-refractivity contribution < 1.29 is 9.59 Å². The Hall–Kier alpha value is -0.510. The first-order valence-electron chi connectivity index (χ1n) is 4.22. The standard InChI is InChI=1S/C8H13NO2S/c1-2-3-4-6-5-7(10)9(12)8(6)11/h6,12H,2-5H2,1H3. The van der Waals surface area contributed by atoms with Crippen molar-refractivity contribution in [3.05, 3.63) is 0 Å². The molecule has 2 amide bonds. The van der Waals surface area contributed by atoms with Gasteiger partial charge in [0.05, 0.1) is 0 Å². The van der Waals surface area contributed by atoms with Crippen LogP contribution in [0.5, 0.6) is 0 Å². The monoisotopic (exact) mass is 187 g/mol. The highest BCUT2D eigenvalue weighted by atomic mass is 32.1. The SMILES string of the molecule is CCCCC1CC(=O)N(S)C1=O. The molecule has 0 N–H and O–H groups in total. The summed E-state index contributed by atoms with van der Waals surface area (Å²) in [6.07, 6.45) is 3.23. The molecule has 0 aliphatic carbocycles. The summed E-state index contributed by atoms with van der Waals surface area (Å²) in [6, 6.07) is 0. The molecule has 68 valence electrons. The number of thiol groups is 1. The lowest BCUT2D eigenvalue weighted by atomic mass is 10.0. The molecule has 12 heavy (non-hydrogen) atoms. The van der Waals surface area contributed by atoms with Crippen molar-refractivity contribution in [1.82, 2.24) is 4.31 Å². The number of rotatable bonds is 3. The summed E-state index contributed by atoms with van der Waals surface area (Å²) in [5, 5.41) is 0. The molecule has 0 spiro atoms. The fraction of sp³-hybridized carbons (Fsp3) is 0.750. The minimum atomic E-state index is -0.163. The fourth-order valence-electron chi connectivity index (χ4n) is 1.36. The van der Waals surface area contributed by atoms with Crippen molar-refractivity contribution in [2.24, 2.45) is 5.92 Å². The first kappa shape index (κ1) is 9.58. The lowest BCUT2D eigenvalue weighted by Gasteiger charge is -2.05. The second-order valence-electron chi connectivity index (χ2n) is 3.09. The topological polar surface area (TPSA) is 37.4 Å². The predicted molar refractivity (Wildman–Crippen MR) is 48.5 cm³/mol. The van der Waals surface area contributed by atoms with Crippen molar-refractivity contribution in [2.45, 2.75) is 32.6 Å². The number of amides is 2. The van der Waals surface area contributed by atoms with Gasteiger partial charge in [-0.1, -0.05) is 32.6 Å². The number of carbonyl (C=O) groups excluding carboxylic acids is 2. The Morgan fingerprint density at radius 1 is 1.58 bits per heavy atom. The van der Waals surface area contributed by atoms with Crippen molar-refractivity contribution in [3.8, 4) is 0 Å². The number of unbranched alkanes of at least 4 members (excludes halogenated alkanes) is 1. The van der Waals surface area contributed by atoms with Gasteiger partial charge in [0.1, 0.15) is 0 Å². The van der Waals surface area contributed by atoms with E-state index in [0.29, 0.717) is 6.42 Å². The predicted octanol–water partition coefficient (Wildman–Crippen LogP) is 1.40. The van der Waals surface area contributed by atoms with Gasteiger partial charge in [0.25, 0.3) is 0 Å². The second kappa shape index (κ2) is 3.94. The maximum atomic E-state index is 11.3. The quantitative estimate of drug-likeness (QED) is 0.535. The molecule has 1 aliphatic rings. The summed E-state index contributed by atoms with van der Waals surface area (Å²) in [7, 11) is 0. The van der Waals surface area contributed by atoms with Gasteiger partial charge in [0.2, 0.25) is 11.8 Å². The highest BCUT2D eigenvalue weighted by Gasteiger charge is 2.36. The van der Waals surface area contributed by atoms with E-state index < -0.39 is 0 Å². The summed E-state index contributed by atoms with van der Waals surface area (Å²) in [6.45, 7) is 2.07. The Labute approximate surface area is 77.7 Å². The Kier molecular flexibility index (Phi) is 3.14. The average Bonchev–Trinajstić information content (AvgIpc) is 2.30. The van der Waals surface area contributed by atoms with Crippen LogP contribution in [0.3, 0.4) is 0 Å². The largest absolute Gasteiger partial charge is 0.273 e. The van der Waals surface area contributed by atoms with E-state index in [2.05, 4.69) is 19.7 Å². The fourth-order valence-corrected chi connectivity index (χ4v) is 1.60. The van der Waals surface area contributed by atoms with Crippen molar-refractivity contribution in [2.75, 3.05) is 0 Å². The minimum Gasteiger partial charge on any atom is -0.273 e. The molecule has 0 aromatic rings. The van der Waals surface area contributed by atoms with Crippen molar-refractivity contribution in [3.63, 3.8) is 0 Å². The zero-order valence-corrected chi connectivity index (χ0v) is 8.01. The van der Waals surface area contributed by atoms with Gasteiger partial charge in [-0.3, -0.25) is 9.59 Å². The van der Waals surface area contributed by atoms with E-state index in [-0.39, 0.29) is 17.7 Å². The molecule has 1 saturated heterocycles. The van der Waals surface area contributed by atoms with Crippen molar-refractivity contribution in [1.29, 1.82) is 0 Å². The molecule has 4 heteroatoms. The molecule has 1 aliphatic heterocycles. The molecule has 0 aromatic heterocycles. The second-order valence-corrected chi connectivity index (χ2v) is 3.49. The summed E-state index contributed by atoms with van der Waals surface area (Å²) >= 11 is 3.80. The van der Waals surface area contributed by atoms with Crippen LogP contribution in [0.2, 0.25) is 0 Å². The molecular weight excluding hydrogens is 174 g/mol. The number of carbonyl (C=O) groups is 2. The van der Waals surface area contributed by atoms with Crippen LogP contribution in [0.1, 0.15) is 32.6 Å². The van der Waals surface area contributed by atoms with E-state index in [4.69, 9.17) is 0 Å². The number of hydrogen-bond acceptors (Lipinski definition) is 3. The van der Waals surface area contributed by atoms with Crippen LogP contribution in [0.25, 0.3) is 0 Å². The number of hydrogen-bond donors (Lipinski definition) is 1. The van der Waals surface area contributed by atoms with Crippen LogP contribution in [0.15, 0.2) is 0 Å². The summed E-state index contributed by atoms with van der Waals surface area (Å²) < 4.78 is 0.945. The smallest absolute Gasteiger partial charge is 0.242 e. The minimum absolute atomic E-state index is 0.102. The first-order chi connectivity index (χ1) is 5.66. The average molecular weight is 187 g/mol. The molecule has 0 radical (unpaired) electrons. The maximum absolute atomic E-state index is 11.3. The van der Waals surface area contributed by atoms with Crippen LogP contribution in [-0.2, 0) is 9.59 Å². The van der Waals surface area contributed by atoms with Gasteiger partial charge < -0.3 is 0 Å². The van der Waals surface area contributed by atoms with E-state index in [1.165, 1.54) is 0 Å². The van der Waals surface area contributed by atoms with Gasteiger partial charge in [-0.05, 0) is 6.42 Å². The highest BCUT2D eigenvalue weighted by molar-refractivity contribution is 7.79. The first-order valence-corrected chi connectivity index (χ1v) is 4.62. The van der Waals surface area contributed by atoms with Gasteiger partial charge in [-0.15, -0.1) is 0 Å². The van der Waals surface area contributed by atoms with E-state index in [1.807, 2.05) is 0 Å². The Balaban J connectivity index is 2.47. The normalized spacial score (nSPS) is 23.8. The zero-order valence-electron chi connectivity index (χ0n) is 7.12. The molecule has 1 atom stereocenters. The van der Waals surface area contributed by atoms with Crippen LogP contribution >= 0.6 is 12.8 Å². The van der Waals surface area contributed by atoms with Crippen LogP contribution in [-0.4, -0.2) is 16.1 Å². The van der Waals surface area contributed by atoms with E-state index in [9.17, 15) is 9.59 Å². The lowest BCUT2D eigenvalue weighted by Crippen LogP contribution is -2.20. The molecule has 0 saturated carbocycles. The Morgan fingerprint density at radius 2 is 2.25 bits per heavy atom. The third kappa shape index (κ3) is 1.80. The molecule has 1 fully saturated rings. The van der Waals surface area contributed by atoms with Gasteiger partial charge in [-0.2, -0.15) is 0 Å². The van der Waals surface area contributed by atoms with Gasteiger partial charge in [0.15, 0.2) is 0 Å². The zero-order chi connectivity index (χ0) is 9.14. The van der Waals surface area contributed by atoms with E-state index in [0.717, 1.165) is 23.6 Å². The molecule has 0 bridgehead atoms. The molecule has 1 unspecified atom stereocenters. The third-order valence-corrected chi connectivity index (χ3v) is 2.54. The van der Waals surface area contributed by atoms with Gasteiger partial charge >= 0.3 is 0 Å².